The molecule has 1 aliphatic rings. The van der Waals surface area contributed by atoms with Gasteiger partial charge < -0.3 is 4.74 Å². The fraction of sp³-hybridized carbons (Fsp3) is 0.571. The lowest BCUT2D eigenvalue weighted by Gasteiger charge is -2.37. The molecule has 2 nitrogen and oxygen atoms in total. The van der Waals surface area contributed by atoms with E-state index < -0.39 is 11.4 Å². The number of allylic oxidation sites excluding steroid dienone is 1. The van der Waals surface area contributed by atoms with Crippen LogP contribution < -0.4 is 0 Å². The zero-order valence-electron chi connectivity index (χ0n) is 14.9. The monoisotopic (exact) mass is 329 g/mol. The van der Waals surface area contributed by atoms with Crippen LogP contribution >= 0.6 is 0 Å². The van der Waals surface area contributed by atoms with E-state index in [9.17, 15) is 4.39 Å². The molecule has 3 heteroatoms. The Morgan fingerprint density at radius 1 is 1.29 bits per heavy atom. The molecule has 1 aliphatic carbocycles. The molecule has 0 aromatic heterocycles. The fourth-order valence-electron chi connectivity index (χ4n) is 3.65. The van der Waals surface area contributed by atoms with Gasteiger partial charge in [-0.25, -0.2) is 0 Å². The lowest BCUT2D eigenvalue weighted by molar-refractivity contribution is -0.00344. The van der Waals surface area contributed by atoms with Crippen LogP contribution in [0.25, 0.3) is 0 Å². The summed E-state index contributed by atoms with van der Waals surface area (Å²) >= 11 is 0. The third-order valence-corrected chi connectivity index (χ3v) is 5.26. The summed E-state index contributed by atoms with van der Waals surface area (Å²) < 4.78 is 18.9. The highest BCUT2D eigenvalue weighted by Gasteiger charge is 2.34. The molecule has 0 heterocycles. The third kappa shape index (κ3) is 4.92. The number of halogens is 1. The summed E-state index contributed by atoms with van der Waals surface area (Å²) in [5, 5.41) is 8.66. The summed E-state index contributed by atoms with van der Waals surface area (Å²) in [4.78, 5) is 0. The van der Waals surface area contributed by atoms with Gasteiger partial charge in [0.25, 0.3) is 0 Å². The molecule has 0 bridgehead atoms. The topological polar surface area (TPSA) is 33.0 Å². The third-order valence-electron chi connectivity index (χ3n) is 5.26. The Kier molecular flexibility index (Phi) is 6.99. The van der Waals surface area contributed by atoms with Gasteiger partial charge in [0.15, 0.2) is 5.83 Å². The first-order chi connectivity index (χ1) is 11.6. The zero-order chi connectivity index (χ0) is 17.4. The van der Waals surface area contributed by atoms with Gasteiger partial charge >= 0.3 is 0 Å². The SMILES string of the molecule is CCCCCc1ccc(C2CCC(C=C(F)C#N)(OC)CC2)cc1. The minimum absolute atomic E-state index is 0.497. The molecule has 1 fully saturated rings. The Morgan fingerprint density at radius 3 is 2.50 bits per heavy atom. The highest BCUT2D eigenvalue weighted by molar-refractivity contribution is 5.27. The summed E-state index contributed by atoms with van der Waals surface area (Å²) in [6, 6.07) is 10.5. The molecule has 0 aliphatic heterocycles. The predicted octanol–water partition coefficient (Wildman–Crippen LogP) is 5.84. The Hall–Kier alpha value is -1.66. The minimum atomic E-state index is -0.744. The molecule has 0 radical (unpaired) electrons. The first-order valence-electron chi connectivity index (χ1n) is 9.05. The fourth-order valence-corrected chi connectivity index (χ4v) is 3.65. The summed E-state index contributed by atoms with van der Waals surface area (Å²) in [5.41, 5.74) is 2.16. The predicted molar refractivity (Wildman–Crippen MR) is 95.4 cm³/mol. The van der Waals surface area contributed by atoms with Crippen LogP contribution in [0.2, 0.25) is 0 Å². The number of rotatable bonds is 7. The molecule has 2 rings (SSSR count). The summed E-state index contributed by atoms with van der Waals surface area (Å²) in [5.74, 6) is -0.247. The van der Waals surface area contributed by atoms with Crippen molar-refractivity contribution >= 4 is 0 Å². The van der Waals surface area contributed by atoms with Crippen molar-refractivity contribution in [3.05, 3.63) is 47.3 Å². The molecule has 1 aromatic rings. The van der Waals surface area contributed by atoms with Crippen LogP contribution in [0.15, 0.2) is 36.2 Å². The lowest BCUT2D eigenvalue weighted by Crippen LogP contribution is -2.34. The standard InChI is InChI=1S/C21H28FNO/c1-3-4-5-6-17-7-9-18(10-8-17)19-11-13-21(24-2,14-12-19)15-20(22)16-23/h7-10,15,19H,3-6,11-14H2,1-2H3. The summed E-state index contributed by atoms with van der Waals surface area (Å²) in [6.45, 7) is 2.23. The number of benzene rings is 1. The molecule has 0 unspecified atom stereocenters. The molecule has 24 heavy (non-hydrogen) atoms. The van der Waals surface area contributed by atoms with E-state index in [1.165, 1.54) is 36.5 Å². The van der Waals surface area contributed by atoms with Crippen molar-refractivity contribution in [1.82, 2.24) is 0 Å². The van der Waals surface area contributed by atoms with Crippen LogP contribution in [-0.2, 0) is 11.2 Å². The summed E-state index contributed by atoms with van der Waals surface area (Å²) in [6.07, 6.45) is 9.73. The van der Waals surface area contributed by atoms with Crippen LogP contribution in [0, 0.1) is 11.3 Å². The van der Waals surface area contributed by atoms with E-state index in [0.717, 1.165) is 32.1 Å². The maximum Gasteiger partial charge on any atom is 0.198 e. The van der Waals surface area contributed by atoms with Crippen molar-refractivity contribution in [2.45, 2.75) is 69.8 Å². The van der Waals surface area contributed by atoms with Crippen molar-refractivity contribution in [3.8, 4) is 6.07 Å². The molecule has 0 saturated heterocycles. The highest BCUT2D eigenvalue weighted by atomic mass is 19.1. The number of hydrogen-bond donors (Lipinski definition) is 0. The second-order valence-corrected chi connectivity index (χ2v) is 6.85. The van der Waals surface area contributed by atoms with Gasteiger partial charge in [-0.3, -0.25) is 0 Å². The first-order valence-corrected chi connectivity index (χ1v) is 9.05. The van der Waals surface area contributed by atoms with E-state index in [-0.39, 0.29) is 0 Å². The lowest BCUT2D eigenvalue weighted by atomic mass is 9.75. The van der Waals surface area contributed by atoms with E-state index in [1.807, 2.05) is 0 Å². The van der Waals surface area contributed by atoms with Crippen LogP contribution in [-0.4, -0.2) is 12.7 Å². The number of methoxy groups -OCH3 is 1. The van der Waals surface area contributed by atoms with E-state index in [1.54, 1.807) is 13.2 Å². The van der Waals surface area contributed by atoms with Crippen molar-refractivity contribution in [2.75, 3.05) is 7.11 Å². The number of ether oxygens (including phenoxy) is 1. The van der Waals surface area contributed by atoms with Crippen molar-refractivity contribution in [2.24, 2.45) is 0 Å². The van der Waals surface area contributed by atoms with Gasteiger partial charge in [-0.15, -0.1) is 0 Å². The minimum Gasteiger partial charge on any atom is -0.374 e. The van der Waals surface area contributed by atoms with Crippen molar-refractivity contribution in [3.63, 3.8) is 0 Å². The quantitative estimate of drug-likeness (QED) is 0.465. The maximum absolute atomic E-state index is 13.4. The molecule has 1 saturated carbocycles. The van der Waals surface area contributed by atoms with Crippen LogP contribution in [0.5, 0.6) is 0 Å². The normalized spacial score (nSPS) is 24.6. The van der Waals surface area contributed by atoms with E-state index in [4.69, 9.17) is 10.00 Å². The molecular formula is C21H28FNO. The van der Waals surface area contributed by atoms with Gasteiger partial charge in [0.05, 0.1) is 5.60 Å². The Morgan fingerprint density at radius 2 is 1.96 bits per heavy atom. The van der Waals surface area contributed by atoms with Crippen molar-refractivity contribution < 1.29 is 9.13 Å². The van der Waals surface area contributed by atoms with Gasteiger partial charge in [0, 0.05) is 7.11 Å². The average Bonchev–Trinajstić information content (AvgIpc) is 2.63. The largest absolute Gasteiger partial charge is 0.374 e. The van der Waals surface area contributed by atoms with Gasteiger partial charge in [0.2, 0.25) is 0 Å². The number of unbranched alkanes of at least 4 members (excludes halogenated alkanes) is 2. The molecule has 130 valence electrons. The molecule has 0 spiro atoms. The van der Waals surface area contributed by atoms with Crippen LogP contribution in [0.4, 0.5) is 4.39 Å². The van der Waals surface area contributed by atoms with Crippen molar-refractivity contribution in [1.29, 1.82) is 5.26 Å². The van der Waals surface area contributed by atoms with Crippen LogP contribution in [0.3, 0.4) is 0 Å². The Bertz CT molecular complexity index is 577. The zero-order valence-corrected chi connectivity index (χ0v) is 14.9. The molecule has 0 amide bonds. The van der Waals surface area contributed by atoms with Crippen LogP contribution in [0.1, 0.15) is 68.9 Å². The van der Waals surface area contributed by atoms with E-state index in [2.05, 4.69) is 31.2 Å². The highest BCUT2D eigenvalue weighted by Crippen LogP contribution is 2.41. The number of nitrogens with zero attached hydrogens (tertiary/aromatic N) is 1. The van der Waals surface area contributed by atoms with Gasteiger partial charge in [-0.1, -0.05) is 44.0 Å². The molecule has 1 aromatic carbocycles. The average molecular weight is 329 g/mol. The second-order valence-electron chi connectivity index (χ2n) is 6.85. The van der Waals surface area contributed by atoms with Gasteiger partial charge in [-0.2, -0.15) is 9.65 Å². The van der Waals surface area contributed by atoms with E-state index >= 15 is 0 Å². The number of aryl methyl sites for hydroxylation is 1. The van der Waals surface area contributed by atoms with Gasteiger partial charge in [-0.05, 0) is 61.6 Å². The molecule has 0 N–H and O–H groups in total. The first kappa shape index (κ1) is 18.7. The van der Waals surface area contributed by atoms with E-state index in [0.29, 0.717) is 5.92 Å². The smallest absolute Gasteiger partial charge is 0.198 e. The molecular weight excluding hydrogens is 301 g/mol. The number of hydrogen-bond acceptors (Lipinski definition) is 2. The number of nitriles is 1. The summed E-state index contributed by atoms with van der Waals surface area (Å²) in [7, 11) is 1.60. The maximum atomic E-state index is 13.4. The van der Waals surface area contributed by atoms with Gasteiger partial charge in [0.1, 0.15) is 6.07 Å². The molecule has 0 atom stereocenters. The Balaban J connectivity index is 1.95. The second kappa shape index (κ2) is 8.99. The Labute approximate surface area is 145 Å².